The number of ketones is 1. The molecule has 1 aromatic heterocycles. The Morgan fingerprint density at radius 1 is 1.00 bits per heavy atom. The molecule has 0 radical (unpaired) electrons. The number of thioether (sulfide) groups is 1. The van der Waals surface area contributed by atoms with Crippen LogP contribution in [0, 0.1) is 0 Å². The van der Waals surface area contributed by atoms with Crippen LogP contribution in [0.4, 0.5) is 5.13 Å². The third-order valence-corrected chi connectivity index (χ3v) is 8.76. The lowest BCUT2D eigenvalue weighted by Crippen LogP contribution is -2.30. The van der Waals surface area contributed by atoms with Gasteiger partial charge in [-0.2, -0.15) is 0 Å². The van der Waals surface area contributed by atoms with E-state index in [0.717, 1.165) is 11.1 Å². The lowest BCUT2D eigenvalue weighted by molar-refractivity contribution is -0.117. The van der Waals surface area contributed by atoms with Crippen molar-refractivity contribution in [3.63, 3.8) is 0 Å². The molecule has 1 amide bonds. The van der Waals surface area contributed by atoms with Crippen LogP contribution < -0.4 is 4.90 Å². The van der Waals surface area contributed by atoms with Crippen LogP contribution in [0.15, 0.2) is 94.5 Å². The summed E-state index contributed by atoms with van der Waals surface area (Å²) in [6, 6.07) is 20.4. The van der Waals surface area contributed by atoms with Crippen molar-refractivity contribution < 1.29 is 14.7 Å². The van der Waals surface area contributed by atoms with Crippen molar-refractivity contribution in [1.29, 1.82) is 0 Å². The van der Waals surface area contributed by atoms with Gasteiger partial charge in [-0.15, -0.1) is 10.2 Å². The van der Waals surface area contributed by atoms with Crippen molar-refractivity contribution in [3.8, 4) is 0 Å². The highest BCUT2D eigenvalue weighted by molar-refractivity contribution is 8.00. The fraction of sp³-hybridized carbons (Fsp3) is 0.0714. The maximum Gasteiger partial charge on any atom is 0.296 e. The zero-order valence-electron chi connectivity index (χ0n) is 19.9. The van der Waals surface area contributed by atoms with E-state index in [1.165, 1.54) is 34.1 Å². The van der Waals surface area contributed by atoms with Gasteiger partial charge in [0.25, 0.3) is 5.91 Å². The van der Waals surface area contributed by atoms with Crippen LogP contribution in [0.25, 0.3) is 6.08 Å². The zero-order chi connectivity index (χ0) is 27.5. The minimum Gasteiger partial charge on any atom is -0.503 e. The molecule has 3 aromatic carbocycles. The first-order valence-corrected chi connectivity index (χ1v) is 14.5. The van der Waals surface area contributed by atoms with E-state index in [0.29, 0.717) is 30.7 Å². The molecular weight excluding hydrogens is 597 g/mol. The Hall–Kier alpha value is -3.14. The average molecular weight is 615 g/mol. The number of hydrogen-bond acceptors (Lipinski definition) is 7. The lowest BCUT2D eigenvalue weighted by Gasteiger charge is -2.23. The van der Waals surface area contributed by atoms with E-state index < -0.39 is 23.5 Å². The number of allylic oxidation sites excluding steroid dienone is 1. The number of anilines is 1. The monoisotopic (exact) mass is 613 g/mol. The standard InChI is InChI=1S/C28H18Cl3N3O3S2/c29-19-8-4-7-17(13-19)24-23(22(35)12-9-16-5-2-1-3-6-16)25(36)26(37)34(24)27-32-33-28(39-27)38-15-18-10-11-20(30)14-21(18)31/h1-14,24,36H,15H2. The van der Waals surface area contributed by atoms with Crippen molar-refractivity contribution in [2.45, 2.75) is 16.1 Å². The van der Waals surface area contributed by atoms with Crippen LogP contribution in [0.1, 0.15) is 22.7 Å². The molecule has 1 aliphatic rings. The first-order valence-electron chi connectivity index (χ1n) is 11.5. The van der Waals surface area contributed by atoms with Gasteiger partial charge >= 0.3 is 0 Å². The molecule has 4 aromatic rings. The highest BCUT2D eigenvalue weighted by Gasteiger charge is 2.45. The molecule has 0 aliphatic carbocycles. The van der Waals surface area contributed by atoms with E-state index in [1.807, 2.05) is 36.4 Å². The zero-order valence-corrected chi connectivity index (χ0v) is 23.8. The van der Waals surface area contributed by atoms with Gasteiger partial charge in [0, 0.05) is 20.8 Å². The molecule has 1 unspecified atom stereocenters. The van der Waals surface area contributed by atoms with Crippen molar-refractivity contribution in [3.05, 3.63) is 122 Å². The summed E-state index contributed by atoms with van der Waals surface area (Å²) < 4.78 is 0.580. The molecule has 5 rings (SSSR count). The molecule has 11 heteroatoms. The van der Waals surface area contributed by atoms with Gasteiger partial charge in [0.1, 0.15) is 0 Å². The summed E-state index contributed by atoms with van der Waals surface area (Å²) in [4.78, 5) is 28.0. The third kappa shape index (κ3) is 6.05. The fourth-order valence-electron chi connectivity index (χ4n) is 4.01. The summed E-state index contributed by atoms with van der Waals surface area (Å²) in [6.07, 6.45) is 2.97. The molecule has 2 heterocycles. The second-order valence-electron chi connectivity index (χ2n) is 8.38. The molecule has 39 heavy (non-hydrogen) atoms. The molecule has 0 spiro atoms. The normalized spacial score (nSPS) is 15.5. The number of nitrogens with zero attached hydrogens (tertiary/aromatic N) is 3. The molecule has 1 N–H and O–H groups in total. The Morgan fingerprint density at radius 3 is 2.51 bits per heavy atom. The second kappa shape index (κ2) is 11.9. The quantitative estimate of drug-likeness (QED) is 0.123. The molecule has 6 nitrogen and oxygen atoms in total. The molecular formula is C28H18Cl3N3O3S2. The van der Waals surface area contributed by atoms with Crippen LogP contribution in [0.3, 0.4) is 0 Å². The molecule has 196 valence electrons. The van der Waals surface area contributed by atoms with Gasteiger partial charge < -0.3 is 5.11 Å². The van der Waals surface area contributed by atoms with E-state index >= 15 is 0 Å². The van der Waals surface area contributed by atoms with Gasteiger partial charge in [0.15, 0.2) is 15.9 Å². The smallest absolute Gasteiger partial charge is 0.296 e. The second-order valence-corrected chi connectivity index (χ2v) is 11.8. The minimum atomic E-state index is -0.944. The van der Waals surface area contributed by atoms with Crippen LogP contribution in [-0.2, 0) is 15.3 Å². The largest absolute Gasteiger partial charge is 0.503 e. The van der Waals surface area contributed by atoms with Gasteiger partial charge in [-0.25, -0.2) is 0 Å². The number of rotatable bonds is 8. The molecule has 0 saturated heterocycles. The highest BCUT2D eigenvalue weighted by Crippen LogP contribution is 2.44. The number of aliphatic hydroxyl groups excluding tert-OH is 1. The molecule has 1 atom stereocenters. The number of amides is 1. The number of carbonyl (C=O) groups is 2. The summed E-state index contributed by atoms with van der Waals surface area (Å²) in [6.45, 7) is 0. The summed E-state index contributed by atoms with van der Waals surface area (Å²) >= 11 is 21.1. The van der Waals surface area contributed by atoms with E-state index in [1.54, 1.807) is 42.5 Å². The van der Waals surface area contributed by atoms with Crippen molar-refractivity contribution in [1.82, 2.24) is 10.2 Å². The fourth-order valence-corrected chi connectivity index (χ4v) is 6.63. The summed E-state index contributed by atoms with van der Waals surface area (Å²) in [5.74, 6) is -1.38. The highest BCUT2D eigenvalue weighted by atomic mass is 35.5. The Kier molecular flexibility index (Phi) is 8.40. The first kappa shape index (κ1) is 27.4. The van der Waals surface area contributed by atoms with E-state index in [-0.39, 0.29) is 10.7 Å². The van der Waals surface area contributed by atoms with Crippen LogP contribution in [-0.4, -0.2) is 27.0 Å². The summed E-state index contributed by atoms with van der Waals surface area (Å²) in [7, 11) is 0. The van der Waals surface area contributed by atoms with E-state index in [2.05, 4.69) is 10.2 Å². The van der Waals surface area contributed by atoms with Gasteiger partial charge in [0.2, 0.25) is 5.13 Å². The number of hydrogen-bond donors (Lipinski definition) is 1. The summed E-state index contributed by atoms with van der Waals surface area (Å²) in [5, 5.41) is 21.1. The Morgan fingerprint density at radius 2 is 1.77 bits per heavy atom. The number of aliphatic hydroxyl groups is 1. The minimum absolute atomic E-state index is 0.0632. The summed E-state index contributed by atoms with van der Waals surface area (Å²) in [5.41, 5.74) is 2.16. The van der Waals surface area contributed by atoms with Crippen LogP contribution in [0.2, 0.25) is 15.1 Å². The van der Waals surface area contributed by atoms with Gasteiger partial charge in [-0.05, 0) is 47.0 Å². The first-order chi connectivity index (χ1) is 18.8. The average Bonchev–Trinajstić information content (AvgIpc) is 3.49. The topological polar surface area (TPSA) is 83.4 Å². The predicted molar refractivity (Wildman–Crippen MR) is 158 cm³/mol. The molecule has 0 bridgehead atoms. The maximum absolute atomic E-state index is 13.4. The van der Waals surface area contributed by atoms with E-state index in [4.69, 9.17) is 34.8 Å². The van der Waals surface area contributed by atoms with Crippen LogP contribution >= 0.6 is 57.9 Å². The predicted octanol–water partition coefficient (Wildman–Crippen LogP) is 7.97. The van der Waals surface area contributed by atoms with Crippen molar-refractivity contribution >= 4 is 80.8 Å². The Labute approximate surface area is 247 Å². The van der Waals surface area contributed by atoms with Crippen molar-refractivity contribution in [2.24, 2.45) is 0 Å². The van der Waals surface area contributed by atoms with Gasteiger partial charge in [0.05, 0.1) is 11.6 Å². The maximum atomic E-state index is 13.4. The SMILES string of the molecule is O=C(C=Cc1ccccc1)C1=C(O)C(=O)N(c2nnc(SCc3ccc(Cl)cc3Cl)s2)C1c1cccc(Cl)c1. The molecule has 0 saturated carbocycles. The third-order valence-electron chi connectivity index (χ3n) is 5.83. The number of benzene rings is 3. The molecule has 1 aliphatic heterocycles. The van der Waals surface area contributed by atoms with Crippen LogP contribution in [0.5, 0.6) is 0 Å². The van der Waals surface area contributed by atoms with Crippen molar-refractivity contribution in [2.75, 3.05) is 4.90 Å². The van der Waals surface area contributed by atoms with Gasteiger partial charge in [-0.3, -0.25) is 14.5 Å². The van der Waals surface area contributed by atoms with E-state index in [9.17, 15) is 14.7 Å². The Bertz CT molecular complexity index is 1620. The number of halogens is 3. The lowest BCUT2D eigenvalue weighted by atomic mass is 9.96. The van der Waals surface area contributed by atoms with Gasteiger partial charge in [-0.1, -0.05) is 113 Å². The number of carbonyl (C=O) groups excluding carboxylic acids is 2. The Balaban J connectivity index is 1.46. The number of aromatic nitrogens is 2. The molecule has 0 fully saturated rings.